The third-order valence-corrected chi connectivity index (χ3v) is 4.17. The largest absolute Gasteiger partial charge is 0.389 e. The lowest BCUT2D eigenvalue weighted by Gasteiger charge is -2.29. The Morgan fingerprint density at radius 1 is 1.45 bits per heavy atom. The topological polar surface area (TPSA) is 41.3 Å². The molecule has 0 spiro atoms. The average molecular weight is 295 g/mol. The van der Waals surface area contributed by atoms with E-state index in [1.54, 1.807) is 6.07 Å². The normalized spacial score (nSPS) is 17.1. The summed E-state index contributed by atoms with van der Waals surface area (Å²) in [5.41, 5.74) is 6.53. The number of nitrogens with two attached hydrogens (primary N) is 1. The maximum atomic E-state index is 13.7. The van der Waals surface area contributed by atoms with Crippen molar-refractivity contribution in [3.8, 4) is 0 Å². The first-order valence-electron chi connectivity index (χ1n) is 7.08. The van der Waals surface area contributed by atoms with Gasteiger partial charge in [0.1, 0.15) is 10.8 Å². The summed E-state index contributed by atoms with van der Waals surface area (Å²) in [7, 11) is 2.17. The number of thiocarbonyl (C=S) groups is 1. The van der Waals surface area contributed by atoms with Crippen LogP contribution in [0.4, 0.5) is 10.1 Å². The molecule has 3 nitrogen and oxygen atoms in total. The number of nitrogens with one attached hydrogen (secondary N) is 1. The van der Waals surface area contributed by atoms with E-state index in [2.05, 4.69) is 17.3 Å². The Hall–Kier alpha value is -1.20. The van der Waals surface area contributed by atoms with E-state index in [0.29, 0.717) is 5.56 Å². The van der Waals surface area contributed by atoms with Crippen LogP contribution in [-0.2, 0) is 0 Å². The molecule has 110 valence electrons. The minimum Gasteiger partial charge on any atom is -0.389 e. The summed E-state index contributed by atoms with van der Waals surface area (Å²) in [5.74, 6) is 0.418. The number of benzene rings is 1. The summed E-state index contributed by atoms with van der Waals surface area (Å²) >= 11 is 4.79. The van der Waals surface area contributed by atoms with Crippen molar-refractivity contribution in [2.45, 2.75) is 19.3 Å². The fraction of sp³-hybridized carbons (Fsp3) is 0.533. The van der Waals surface area contributed by atoms with Gasteiger partial charge in [0.2, 0.25) is 0 Å². The Labute approximate surface area is 125 Å². The SMILES string of the molecule is CN1CCC(CCNc2ccc(C(N)=S)c(F)c2)CC1. The monoisotopic (exact) mass is 295 g/mol. The number of hydrogen-bond acceptors (Lipinski definition) is 3. The second kappa shape index (κ2) is 6.99. The summed E-state index contributed by atoms with van der Waals surface area (Å²) in [4.78, 5) is 2.47. The van der Waals surface area contributed by atoms with Crippen molar-refractivity contribution in [1.82, 2.24) is 4.90 Å². The van der Waals surface area contributed by atoms with Gasteiger partial charge in [-0.3, -0.25) is 0 Å². The van der Waals surface area contributed by atoms with Gasteiger partial charge in [-0.1, -0.05) is 12.2 Å². The predicted molar refractivity (Wildman–Crippen MR) is 85.6 cm³/mol. The lowest BCUT2D eigenvalue weighted by Crippen LogP contribution is -2.30. The van der Waals surface area contributed by atoms with Crippen molar-refractivity contribution in [3.63, 3.8) is 0 Å². The smallest absolute Gasteiger partial charge is 0.135 e. The maximum absolute atomic E-state index is 13.7. The highest BCUT2D eigenvalue weighted by atomic mass is 32.1. The molecule has 0 aromatic heterocycles. The number of rotatable bonds is 5. The molecule has 20 heavy (non-hydrogen) atoms. The predicted octanol–water partition coefficient (Wildman–Crippen LogP) is 2.60. The van der Waals surface area contributed by atoms with E-state index in [1.807, 2.05) is 6.07 Å². The maximum Gasteiger partial charge on any atom is 0.135 e. The minimum absolute atomic E-state index is 0.0976. The summed E-state index contributed by atoms with van der Waals surface area (Å²) in [5, 5.41) is 3.27. The van der Waals surface area contributed by atoms with Crippen LogP contribution in [0.5, 0.6) is 0 Å². The van der Waals surface area contributed by atoms with Crippen LogP contribution in [0.3, 0.4) is 0 Å². The van der Waals surface area contributed by atoms with Crippen LogP contribution < -0.4 is 11.1 Å². The average Bonchev–Trinajstić information content (AvgIpc) is 2.41. The molecular formula is C15H22FN3S. The molecule has 1 heterocycles. The highest BCUT2D eigenvalue weighted by Crippen LogP contribution is 2.20. The van der Waals surface area contributed by atoms with E-state index in [0.717, 1.165) is 24.6 Å². The highest BCUT2D eigenvalue weighted by molar-refractivity contribution is 7.80. The highest BCUT2D eigenvalue weighted by Gasteiger charge is 2.16. The molecular weight excluding hydrogens is 273 g/mol. The first-order chi connectivity index (χ1) is 9.56. The standard InChI is InChI=1S/C15H22FN3S/c1-19-8-5-11(6-9-19)4-7-18-12-2-3-13(15(17)20)14(16)10-12/h2-3,10-11,18H,4-9H2,1H3,(H2,17,20). The molecule has 3 N–H and O–H groups in total. The lowest BCUT2D eigenvalue weighted by molar-refractivity contribution is 0.215. The molecule has 1 aliphatic heterocycles. The van der Waals surface area contributed by atoms with Crippen LogP contribution in [-0.4, -0.2) is 36.6 Å². The summed E-state index contributed by atoms with van der Waals surface area (Å²) in [6.45, 7) is 3.24. The van der Waals surface area contributed by atoms with Gasteiger partial charge in [0.15, 0.2) is 0 Å². The van der Waals surface area contributed by atoms with Gasteiger partial charge in [-0.05, 0) is 63.5 Å². The van der Waals surface area contributed by atoms with Crippen molar-refractivity contribution in [1.29, 1.82) is 0 Å². The van der Waals surface area contributed by atoms with Crippen molar-refractivity contribution >= 4 is 22.9 Å². The minimum atomic E-state index is -0.359. The van der Waals surface area contributed by atoms with Crippen LogP contribution in [0, 0.1) is 11.7 Å². The third kappa shape index (κ3) is 4.15. The Bertz CT molecular complexity index is 470. The fourth-order valence-corrected chi connectivity index (χ4v) is 2.76. The summed E-state index contributed by atoms with van der Waals surface area (Å²) in [6, 6.07) is 4.92. The number of halogens is 1. The van der Waals surface area contributed by atoms with Crippen molar-refractivity contribution in [2.24, 2.45) is 11.7 Å². The number of likely N-dealkylation sites (tertiary alicyclic amines) is 1. The van der Waals surface area contributed by atoms with E-state index >= 15 is 0 Å². The molecule has 0 atom stereocenters. The molecule has 0 bridgehead atoms. The Morgan fingerprint density at radius 3 is 2.75 bits per heavy atom. The second-order valence-corrected chi connectivity index (χ2v) is 5.96. The van der Waals surface area contributed by atoms with Crippen LogP contribution >= 0.6 is 12.2 Å². The first-order valence-corrected chi connectivity index (χ1v) is 7.49. The van der Waals surface area contributed by atoms with Gasteiger partial charge in [-0.2, -0.15) is 0 Å². The molecule has 0 amide bonds. The summed E-state index contributed by atoms with van der Waals surface area (Å²) < 4.78 is 13.7. The quantitative estimate of drug-likeness (QED) is 0.819. The Kier molecular flexibility index (Phi) is 5.31. The van der Waals surface area contributed by atoms with Gasteiger partial charge in [-0.25, -0.2) is 4.39 Å². The number of piperidine rings is 1. The zero-order valence-corrected chi connectivity index (χ0v) is 12.7. The van der Waals surface area contributed by atoms with Gasteiger partial charge in [0, 0.05) is 17.8 Å². The number of anilines is 1. The molecule has 0 unspecified atom stereocenters. The van der Waals surface area contributed by atoms with E-state index in [1.165, 1.54) is 32.0 Å². The second-order valence-electron chi connectivity index (χ2n) is 5.52. The molecule has 1 aliphatic rings. The molecule has 1 aromatic rings. The van der Waals surface area contributed by atoms with Crippen molar-refractivity contribution in [3.05, 3.63) is 29.6 Å². The molecule has 1 saturated heterocycles. The molecule has 0 radical (unpaired) electrons. The first kappa shape index (κ1) is 15.2. The van der Waals surface area contributed by atoms with Crippen LogP contribution in [0.1, 0.15) is 24.8 Å². The zero-order valence-electron chi connectivity index (χ0n) is 11.9. The van der Waals surface area contributed by atoms with Crippen LogP contribution in [0.25, 0.3) is 0 Å². The van der Waals surface area contributed by atoms with E-state index in [4.69, 9.17) is 18.0 Å². The van der Waals surface area contributed by atoms with E-state index in [9.17, 15) is 4.39 Å². The van der Waals surface area contributed by atoms with Gasteiger partial charge in [0.25, 0.3) is 0 Å². The molecule has 2 rings (SSSR count). The third-order valence-electron chi connectivity index (χ3n) is 3.95. The van der Waals surface area contributed by atoms with Gasteiger partial charge in [-0.15, -0.1) is 0 Å². The molecule has 1 fully saturated rings. The zero-order chi connectivity index (χ0) is 14.5. The lowest BCUT2D eigenvalue weighted by atomic mass is 9.94. The Balaban J connectivity index is 1.79. The van der Waals surface area contributed by atoms with E-state index < -0.39 is 0 Å². The van der Waals surface area contributed by atoms with Crippen molar-refractivity contribution in [2.75, 3.05) is 32.0 Å². The van der Waals surface area contributed by atoms with Crippen molar-refractivity contribution < 1.29 is 4.39 Å². The Morgan fingerprint density at radius 2 is 2.15 bits per heavy atom. The molecule has 5 heteroatoms. The molecule has 0 aliphatic carbocycles. The fourth-order valence-electron chi connectivity index (χ4n) is 2.60. The molecule has 0 saturated carbocycles. The van der Waals surface area contributed by atoms with Crippen LogP contribution in [0.15, 0.2) is 18.2 Å². The number of hydrogen-bond donors (Lipinski definition) is 2. The van der Waals surface area contributed by atoms with Gasteiger partial charge in [0.05, 0.1) is 0 Å². The molecule has 1 aromatic carbocycles. The van der Waals surface area contributed by atoms with E-state index in [-0.39, 0.29) is 10.8 Å². The number of nitrogens with zero attached hydrogens (tertiary/aromatic N) is 1. The van der Waals surface area contributed by atoms with Crippen LogP contribution in [0.2, 0.25) is 0 Å². The van der Waals surface area contributed by atoms with Gasteiger partial charge < -0.3 is 16.0 Å². The summed E-state index contributed by atoms with van der Waals surface area (Å²) in [6.07, 6.45) is 3.65. The van der Waals surface area contributed by atoms with Gasteiger partial charge >= 0.3 is 0 Å².